The van der Waals surface area contributed by atoms with Crippen LogP contribution in [0, 0.1) is 5.41 Å². The quantitative estimate of drug-likeness (QED) is 0.739. The molecule has 1 aliphatic rings. The molecule has 0 saturated heterocycles. The molecule has 1 aliphatic heterocycles. The molecule has 0 unspecified atom stereocenters. The Morgan fingerprint density at radius 3 is 2.68 bits per heavy atom. The third-order valence-electron chi connectivity index (χ3n) is 4.63. The van der Waals surface area contributed by atoms with Gasteiger partial charge in [0, 0.05) is 29.4 Å². The van der Waals surface area contributed by atoms with Gasteiger partial charge in [-0.1, -0.05) is 32.0 Å². The van der Waals surface area contributed by atoms with E-state index in [0.29, 0.717) is 23.8 Å². The lowest BCUT2D eigenvalue weighted by Gasteiger charge is -2.26. The standard InChI is InChI=1S/C21H21N3O4/c1-21(2,3)20(26)24-9-8-13-6-7-14(11-16(13)24)22-19(25)15-12-18(28-23-15)17-5-4-10-27-17/h4-7,10-12H,8-9H2,1-3H3,(H,22,25). The van der Waals surface area contributed by atoms with Gasteiger partial charge in [0.25, 0.3) is 5.91 Å². The Kier molecular flexibility index (Phi) is 4.30. The van der Waals surface area contributed by atoms with Crippen molar-refractivity contribution in [1.29, 1.82) is 0 Å². The van der Waals surface area contributed by atoms with Crippen LogP contribution in [-0.4, -0.2) is 23.5 Å². The van der Waals surface area contributed by atoms with Gasteiger partial charge in [-0.15, -0.1) is 0 Å². The minimum absolute atomic E-state index is 0.0642. The predicted molar refractivity (Wildman–Crippen MR) is 104 cm³/mol. The van der Waals surface area contributed by atoms with Crippen LogP contribution in [-0.2, 0) is 11.2 Å². The van der Waals surface area contributed by atoms with Gasteiger partial charge in [-0.2, -0.15) is 0 Å². The van der Waals surface area contributed by atoms with Crippen molar-refractivity contribution in [3.63, 3.8) is 0 Å². The Morgan fingerprint density at radius 2 is 1.96 bits per heavy atom. The number of rotatable bonds is 3. The smallest absolute Gasteiger partial charge is 0.277 e. The molecule has 1 N–H and O–H groups in total. The zero-order valence-corrected chi connectivity index (χ0v) is 16.0. The van der Waals surface area contributed by atoms with Crippen molar-refractivity contribution >= 4 is 23.2 Å². The first kappa shape index (κ1) is 18.0. The molecule has 0 spiro atoms. The molecule has 0 saturated carbocycles. The molecule has 0 aliphatic carbocycles. The molecule has 0 radical (unpaired) electrons. The van der Waals surface area contributed by atoms with Gasteiger partial charge in [-0.25, -0.2) is 0 Å². The Balaban J connectivity index is 1.53. The van der Waals surface area contributed by atoms with E-state index in [1.54, 1.807) is 17.0 Å². The van der Waals surface area contributed by atoms with Gasteiger partial charge < -0.3 is 19.2 Å². The first-order valence-electron chi connectivity index (χ1n) is 9.10. The third-order valence-corrected chi connectivity index (χ3v) is 4.63. The fraction of sp³-hybridized carbons (Fsp3) is 0.286. The summed E-state index contributed by atoms with van der Waals surface area (Å²) >= 11 is 0. The van der Waals surface area contributed by atoms with Crippen LogP contribution in [0.25, 0.3) is 11.5 Å². The van der Waals surface area contributed by atoms with Crippen molar-refractivity contribution < 1.29 is 18.5 Å². The Hall–Kier alpha value is -3.35. The summed E-state index contributed by atoms with van der Waals surface area (Å²) in [6.45, 7) is 6.36. The maximum atomic E-state index is 12.7. The van der Waals surface area contributed by atoms with E-state index in [4.69, 9.17) is 8.94 Å². The molecular weight excluding hydrogens is 358 g/mol. The SMILES string of the molecule is CC(C)(C)C(=O)N1CCc2ccc(NC(=O)c3cc(-c4ccco4)on3)cc21. The highest BCUT2D eigenvalue weighted by Gasteiger charge is 2.32. The van der Waals surface area contributed by atoms with E-state index in [-0.39, 0.29) is 11.6 Å². The normalized spacial score (nSPS) is 13.5. The number of furan rings is 1. The monoisotopic (exact) mass is 379 g/mol. The second-order valence-electron chi connectivity index (χ2n) is 7.81. The van der Waals surface area contributed by atoms with Gasteiger partial charge in [-0.05, 0) is 36.2 Å². The van der Waals surface area contributed by atoms with Crippen molar-refractivity contribution in [2.75, 3.05) is 16.8 Å². The molecule has 3 heterocycles. The average Bonchev–Trinajstić information content (AvgIpc) is 3.39. The Morgan fingerprint density at radius 1 is 1.14 bits per heavy atom. The van der Waals surface area contributed by atoms with Crippen molar-refractivity contribution in [3.8, 4) is 11.5 Å². The topological polar surface area (TPSA) is 88.6 Å². The molecule has 7 heteroatoms. The number of fused-ring (bicyclic) bond motifs is 1. The average molecular weight is 379 g/mol. The number of nitrogens with zero attached hydrogens (tertiary/aromatic N) is 2. The second kappa shape index (κ2) is 6.67. The molecule has 2 aromatic heterocycles. The maximum Gasteiger partial charge on any atom is 0.277 e. The summed E-state index contributed by atoms with van der Waals surface area (Å²) in [5, 5.41) is 6.62. The molecule has 3 aromatic rings. The van der Waals surface area contributed by atoms with Gasteiger partial charge in [-0.3, -0.25) is 9.59 Å². The minimum Gasteiger partial charge on any atom is -0.461 e. The van der Waals surface area contributed by atoms with Crippen LogP contribution >= 0.6 is 0 Å². The molecule has 144 valence electrons. The number of hydrogen-bond acceptors (Lipinski definition) is 5. The van der Waals surface area contributed by atoms with Gasteiger partial charge >= 0.3 is 0 Å². The highest BCUT2D eigenvalue weighted by Crippen LogP contribution is 2.34. The highest BCUT2D eigenvalue weighted by atomic mass is 16.5. The predicted octanol–water partition coefficient (Wildman–Crippen LogP) is 4.12. The molecule has 2 amide bonds. The maximum absolute atomic E-state index is 12.7. The number of carbonyl (C=O) groups excluding carboxylic acids is 2. The Bertz CT molecular complexity index is 1030. The number of aromatic nitrogens is 1. The summed E-state index contributed by atoms with van der Waals surface area (Å²) in [5.74, 6) is 0.550. The third kappa shape index (κ3) is 3.31. The van der Waals surface area contributed by atoms with Crippen LogP contribution in [0.5, 0.6) is 0 Å². The number of nitrogens with one attached hydrogen (secondary N) is 1. The molecule has 28 heavy (non-hydrogen) atoms. The molecule has 1 aromatic carbocycles. The van der Waals surface area contributed by atoms with E-state index < -0.39 is 11.3 Å². The number of hydrogen-bond donors (Lipinski definition) is 1. The van der Waals surface area contributed by atoms with E-state index in [2.05, 4.69) is 10.5 Å². The lowest BCUT2D eigenvalue weighted by Crippen LogP contribution is -2.38. The first-order valence-corrected chi connectivity index (χ1v) is 9.10. The van der Waals surface area contributed by atoms with Gasteiger partial charge in [0.05, 0.1) is 6.26 Å². The molecule has 4 rings (SSSR count). The van der Waals surface area contributed by atoms with Crippen molar-refractivity contribution in [2.45, 2.75) is 27.2 Å². The van der Waals surface area contributed by atoms with Gasteiger partial charge in [0.15, 0.2) is 11.5 Å². The van der Waals surface area contributed by atoms with Crippen LogP contribution in [0.4, 0.5) is 11.4 Å². The fourth-order valence-electron chi connectivity index (χ4n) is 3.19. The van der Waals surface area contributed by atoms with Gasteiger partial charge in [0.2, 0.25) is 11.7 Å². The van der Waals surface area contributed by atoms with Crippen LogP contribution < -0.4 is 10.2 Å². The van der Waals surface area contributed by atoms with Gasteiger partial charge in [0.1, 0.15) is 0 Å². The minimum atomic E-state index is -0.468. The second-order valence-corrected chi connectivity index (χ2v) is 7.81. The van der Waals surface area contributed by atoms with Crippen LogP contribution in [0.2, 0.25) is 0 Å². The molecule has 0 bridgehead atoms. The van der Waals surface area contributed by atoms with E-state index in [9.17, 15) is 9.59 Å². The van der Waals surface area contributed by atoms with E-state index >= 15 is 0 Å². The lowest BCUT2D eigenvalue weighted by molar-refractivity contribution is -0.125. The lowest BCUT2D eigenvalue weighted by atomic mass is 9.94. The van der Waals surface area contributed by atoms with E-state index in [0.717, 1.165) is 17.7 Å². The van der Waals surface area contributed by atoms with Crippen LogP contribution in [0.3, 0.4) is 0 Å². The fourth-order valence-corrected chi connectivity index (χ4v) is 3.19. The van der Waals surface area contributed by atoms with Crippen LogP contribution in [0.1, 0.15) is 36.8 Å². The zero-order chi connectivity index (χ0) is 19.9. The number of amides is 2. The van der Waals surface area contributed by atoms with Crippen molar-refractivity contribution in [3.05, 3.63) is 53.9 Å². The van der Waals surface area contributed by atoms with E-state index in [1.165, 1.54) is 12.3 Å². The molecule has 0 fully saturated rings. The summed E-state index contributed by atoms with van der Waals surface area (Å²) < 4.78 is 10.4. The highest BCUT2D eigenvalue weighted by molar-refractivity contribution is 6.04. The Labute approximate surface area is 162 Å². The molecule has 7 nitrogen and oxygen atoms in total. The van der Waals surface area contributed by atoms with Crippen molar-refractivity contribution in [1.82, 2.24) is 5.16 Å². The van der Waals surface area contributed by atoms with Crippen molar-refractivity contribution in [2.24, 2.45) is 5.41 Å². The largest absolute Gasteiger partial charge is 0.461 e. The summed E-state index contributed by atoms with van der Waals surface area (Å²) in [6.07, 6.45) is 2.33. The first-order chi connectivity index (χ1) is 13.3. The van der Waals surface area contributed by atoms with Crippen LogP contribution in [0.15, 0.2) is 51.6 Å². The zero-order valence-electron chi connectivity index (χ0n) is 16.0. The number of benzene rings is 1. The summed E-state index contributed by atoms with van der Waals surface area (Å²) in [4.78, 5) is 27.0. The molecule has 0 atom stereocenters. The molecular formula is C21H21N3O4. The van der Waals surface area contributed by atoms with E-state index in [1.807, 2.05) is 39.0 Å². The number of anilines is 2. The number of carbonyl (C=O) groups is 2. The summed E-state index contributed by atoms with van der Waals surface area (Å²) in [7, 11) is 0. The summed E-state index contributed by atoms with van der Waals surface area (Å²) in [5.41, 5.74) is 2.21. The summed E-state index contributed by atoms with van der Waals surface area (Å²) in [6, 6.07) is 10.6.